The van der Waals surface area contributed by atoms with Crippen LogP contribution in [0, 0.1) is 0 Å². The number of nitrogens with one attached hydrogen (secondary N) is 1. The number of ether oxygens (including phenoxy) is 1. The van der Waals surface area contributed by atoms with Gasteiger partial charge in [0, 0.05) is 37.0 Å². The predicted octanol–water partition coefficient (Wildman–Crippen LogP) is 2.73. The van der Waals surface area contributed by atoms with Crippen molar-refractivity contribution in [3.05, 3.63) is 65.7 Å². The fraction of sp³-hybridized carbons (Fsp3) is 0.263. The van der Waals surface area contributed by atoms with Crippen molar-refractivity contribution in [3.63, 3.8) is 0 Å². The van der Waals surface area contributed by atoms with Gasteiger partial charge in [-0.2, -0.15) is 0 Å². The minimum absolute atomic E-state index is 0.162. The number of amides is 2. The van der Waals surface area contributed by atoms with E-state index in [4.69, 9.17) is 4.74 Å². The van der Waals surface area contributed by atoms with Crippen molar-refractivity contribution in [2.24, 2.45) is 0 Å². The van der Waals surface area contributed by atoms with Gasteiger partial charge in [-0.3, -0.25) is 9.59 Å². The van der Waals surface area contributed by atoms with E-state index in [0.717, 1.165) is 5.69 Å². The van der Waals surface area contributed by atoms with Gasteiger partial charge < -0.3 is 15.0 Å². The van der Waals surface area contributed by atoms with Crippen molar-refractivity contribution in [2.45, 2.75) is 6.92 Å². The van der Waals surface area contributed by atoms with Crippen LogP contribution in [-0.2, 0) is 4.74 Å². The van der Waals surface area contributed by atoms with Crippen molar-refractivity contribution < 1.29 is 14.3 Å². The van der Waals surface area contributed by atoms with Crippen LogP contribution in [0.3, 0.4) is 0 Å². The molecule has 0 saturated heterocycles. The van der Waals surface area contributed by atoms with E-state index in [9.17, 15) is 9.59 Å². The number of hydrogen-bond acceptors (Lipinski definition) is 3. The van der Waals surface area contributed by atoms with Gasteiger partial charge in [0.1, 0.15) is 0 Å². The lowest BCUT2D eigenvalue weighted by atomic mass is 10.1. The largest absolute Gasteiger partial charge is 0.380 e. The highest BCUT2D eigenvalue weighted by atomic mass is 16.5. The molecule has 24 heavy (non-hydrogen) atoms. The first kappa shape index (κ1) is 17.7. The average Bonchev–Trinajstić information content (AvgIpc) is 2.64. The van der Waals surface area contributed by atoms with Crippen molar-refractivity contribution in [1.29, 1.82) is 0 Å². The summed E-state index contributed by atoms with van der Waals surface area (Å²) in [5, 5.41) is 2.77. The summed E-state index contributed by atoms with van der Waals surface area (Å²) in [6, 6.07) is 16.1. The van der Waals surface area contributed by atoms with E-state index in [1.807, 2.05) is 37.3 Å². The van der Waals surface area contributed by atoms with E-state index in [2.05, 4.69) is 5.32 Å². The van der Waals surface area contributed by atoms with Gasteiger partial charge in [0.25, 0.3) is 11.8 Å². The number of carbonyl (C=O) groups excluding carboxylic acids is 2. The molecule has 0 aliphatic carbocycles. The molecule has 0 aliphatic rings. The molecule has 1 N–H and O–H groups in total. The zero-order chi connectivity index (χ0) is 17.4. The van der Waals surface area contributed by atoms with Gasteiger partial charge in [0.05, 0.1) is 6.61 Å². The third kappa shape index (κ3) is 4.67. The quantitative estimate of drug-likeness (QED) is 0.796. The van der Waals surface area contributed by atoms with E-state index < -0.39 is 0 Å². The number of rotatable bonds is 7. The summed E-state index contributed by atoms with van der Waals surface area (Å²) in [5.74, 6) is -0.378. The van der Waals surface area contributed by atoms with Crippen LogP contribution >= 0.6 is 0 Å². The van der Waals surface area contributed by atoms with Crippen molar-refractivity contribution in [2.75, 3.05) is 31.7 Å². The predicted molar refractivity (Wildman–Crippen MR) is 94.4 cm³/mol. The molecule has 2 rings (SSSR count). The molecule has 5 nitrogen and oxygen atoms in total. The Kier molecular flexibility index (Phi) is 6.51. The summed E-state index contributed by atoms with van der Waals surface area (Å²) < 4.78 is 5.19. The summed E-state index contributed by atoms with van der Waals surface area (Å²) >= 11 is 0. The Morgan fingerprint density at radius 1 is 1.04 bits per heavy atom. The molecule has 0 saturated carbocycles. The molecule has 0 aliphatic heterocycles. The van der Waals surface area contributed by atoms with Crippen molar-refractivity contribution in [1.82, 2.24) is 5.32 Å². The number of benzene rings is 2. The Morgan fingerprint density at radius 2 is 1.75 bits per heavy atom. The van der Waals surface area contributed by atoms with Gasteiger partial charge in [-0.1, -0.05) is 24.3 Å². The lowest BCUT2D eigenvalue weighted by Gasteiger charge is -2.17. The van der Waals surface area contributed by atoms with Crippen molar-refractivity contribution in [3.8, 4) is 0 Å². The number of hydrogen-bond donors (Lipinski definition) is 1. The zero-order valence-corrected chi connectivity index (χ0v) is 14.0. The fourth-order valence-electron chi connectivity index (χ4n) is 2.24. The second-order valence-electron chi connectivity index (χ2n) is 5.23. The molecule has 0 radical (unpaired) electrons. The summed E-state index contributed by atoms with van der Waals surface area (Å²) in [6.45, 7) is 3.43. The summed E-state index contributed by atoms with van der Waals surface area (Å²) in [6.07, 6.45) is 0. The SMILES string of the molecule is CCOCCNC(=O)c1cccc(C(=O)N(C)c2ccccc2)c1. The highest BCUT2D eigenvalue weighted by Crippen LogP contribution is 2.15. The summed E-state index contributed by atoms with van der Waals surface area (Å²) in [7, 11) is 1.71. The number of para-hydroxylation sites is 1. The van der Waals surface area contributed by atoms with E-state index in [1.165, 1.54) is 0 Å². The molecule has 0 bridgehead atoms. The number of carbonyl (C=O) groups is 2. The van der Waals surface area contributed by atoms with Crippen LogP contribution in [0.2, 0.25) is 0 Å². The lowest BCUT2D eigenvalue weighted by molar-refractivity contribution is 0.0922. The Bertz CT molecular complexity index is 686. The highest BCUT2D eigenvalue weighted by Gasteiger charge is 2.15. The lowest BCUT2D eigenvalue weighted by Crippen LogP contribution is -2.29. The minimum Gasteiger partial charge on any atom is -0.380 e. The maximum atomic E-state index is 12.6. The Morgan fingerprint density at radius 3 is 2.46 bits per heavy atom. The first-order chi connectivity index (χ1) is 11.6. The van der Waals surface area contributed by atoms with E-state index in [-0.39, 0.29) is 11.8 Å². The van der Waals surface area contributed by atoms with Crippen molar-refractivity contribution >= 4 is 17.5 Å². The molecule has 0 heterocycles. The molecule has 2 amide bonds. The van der Waals surface area contributed by atoms with Gasteiger partial charge in [-0.25, -0.2) is 0 Å². The molecule has 0 spiro atoms. The number of nitrogens with zero attached hydrogens (tertiary/aromatic N) is 1. The smallest absolute Gasteiger partial charge is 0.258 e. The summed E-state index contributed by atoms with van der Waals surface area (Å²) in [5.41, 5.74) is 1.73. The van der Waals surface area contributed by atoms with E-state index in [0.29, 0.717) is 30.9 Å². The van der Waals surface area contributed by atoms with Crippen LogP contribution in [0.25, 0.3) is 0 Å². The second kappa shape index (κ2) is 8.84. The second-order valence-corrected chi connectivity index (χ2v) is 5.23. The van der Waals surface area contributed by atoms with Crippen LogP contribution in [0.15, 0.2) is 54.6 Å². The minimum atomic E-state index is -0.216. The molecule has 126 valence electrons. The monoisotopic (exact) mass is 326 g/mol. The first-order valence-electron chi connectivity index (χ1n) is 7.92. The van der Waals surface area contributed by atoms with Crippen LogP contribution < -0.4 is 10.2 Å². The van der Waals surface area contributed by atoms with Gasteiger partial charge in [-0.05, 0) is 37.3 Å². The number of anilines is 1. The van der Waals surface area contributed by atoms with Gasteiger partial charge in [0.2, 0.25) is 0 Å². The standard InChI is InChI=1S/C19H22N2O3/c1-3-24-13-12-20-18(22)15-8-7-9-16(14-15)19(23)21(2)17-10-5-4-6-11-17/h4-11,14H,3,12-13H2,1-2H3,(H,20,22). The van der Waals surface area contributed by atoms with Gasteiger partial charge in [-0.15, -0.1) is 0 Å². The Labute approximate surface area is 142 Å². The maximum Gasteiger partial charge on any atom is 0.258 e. The van der Waals surface area contributed by atoms with Crippen LogP contribution in [0.1, 0.15) is 27.6 Å². The third-order valence-electron chi connectivity index (χ3n) is 3.56. The molecule has 0 aromatic heterocycles. The summed E-state index contributed by atoms with van der Waals surface area (Å²) in [4.78, 5) is 26.3. The molecule has 2 aromatic rings. The van der Waals surface area contributed by atoms with Gasteiger partial charge >= 0.3 is 0 Å². The molecular formula is C19H22N2O3. The van der Waals surface area contributed by atoms with Crippen LogP contribution in [0.4, 0.5) is 5.69 Å². The molecular weight excluding hydrogens is 304 g/mol. The van der Waals surface area contributed by atoms with E-state index in [1.54, 1.807) is 36.2 Å². The third-order valence-corrected chi connectivity index (χ3v) is 3.56. The zero-order valence-electron chi connectivity index (χ0n) is 14.0. The van der Waals surface area contributed by atoms with Crippen LogP contribution in [0.5, 0.6) is 0 Å². The average molecular weight is 326 g/mol. The normalized spacial score (nSPS) is 10.2. The maximum absolute atomic E-state index is 12.6. The molecule has 0 atom stereocenters. The molecule has 5 heteroatoms. The first-order valence-corrected chi connectivity index (χ1v) is 7.92. The Balaban J connectivity index is 2.06. The van der Waals surface area contributed by atoms with Crippen LogP contribution in [-0.4, -0.2) is 38.6 Å². The van der Waals surface area contributed by atoms with E-state index >= 15 is 0 Å². The topological polar surface area (TPSA) is 58.6 Å². The Hall–Kier alpha value is -2.66. The molecule has 0 fully saturated rings. The highest BCUT2D eigenvalue weighted by molar-refractivity contribution is 6.07. The fourth-order valence-corrected chi connectivity index (χ4v) is 2.24. The molecule has 2 aromatic carbocycles. The van der Waals surface area contributed by atoms with Gasteiger partial charge in [0.15, 0.2) is 0 Å². The molecule has 0 unspecified atom stereocenters.